The van der Waals surface area contributed by atoms with E-state index in [1.807, 2.05) is 47.9 Å². The summed E-state index contributed by atoms with van der Waals surface area (Å²) in [5, 5.41) is 10.1. The molecule has 4 rings (SSSR count). The third-order valence-corrected chi connectivity index (χ3v) is 5.46. The molecule has 4 aromatic rings. The van der Waals surface area contributed by atoms with E-state index in [-0.39, 0.29) is 5.82 Å². The van der Waals surface area contributed by atoms with Crippen LogP contribution in [0.2, 0.25) is 5.02 Å². The van der Waals surface area contributed by atoms with Crippen molar-refractivity contribution in [2.45, 2.75) is 17.8 Å². The Bertz CT molecular complexity index is 1110. The van der Waals surface area contributed by atoms with E-state index >= 15 is 0 Å². The van der Waals surface area contributed by atoms with Crippen molar-refractivity contribution in [1.29, 1.82) is 0 Å². The van der Waals surface area contributed by atoms with E-state index in [4.69, 9.17) is 11.6 Å². The van der Waals surface area contributed by atoms with Crippen LogP contribution in [0.5, 0.6) is 0 Å². The van der Waals surface area contributed by atoms with Gasteiger partial charge in [0, 0.05) is 28.7 Å². The van der Waals surface area contributed by atoms with Gasteiger partial charge < -0.3 is 0 Å². The first kappa shape index (κ1) is 18.7. The summed E-state index contributed by atoms with van der Waals surface area (Å²) in [6.07, 6.45) is 3.47. The molecule has 7 heteroatoms. The van der Waals surface area contributed by atoms with Crippen molar-refractivity contribution >= 4 is 23.4 Å². The highest BCUT2D eigenvalue weighted by molar-refractivity contribution is 7.98. The van der Waals surface area contributed by atoms with Crippen molar-refractivity contribution in [3.05, 3.63) is 89.0 Å². The van der Waals surface area contributed by atoms with E-state index in [1.165, 1.54) is 23.9 Å². The molecule has 28 heavy (non-hydrogen) atoms. The van der Waals surface area contributed by atoms with Gasteiger partial charge in [0.1, 0.15) is 5.82 Å². The summed E-state index contributed by atoms with van der Waals surface area (Å²) in [5.41, 5.74) is 3.68. The van der Waals surface area contributed by atoms with Crippen LogP contribution in [0.1, 0.15) is 11.1 Å². The van der Waals surface area contributed by atoms with E-state index in [0.29, 0.717) is 21.8 Å². The maximum atomic E-state index is 13.5. The van der Waals surface area contributed by atoms with Crippen LogP contribution in [0, 0.1) is 12.7 Å². The van der Waals surface area contributed by atoms with E-state index in [0.717, 1.165) is 22.4 Å². The minimum Gasteiger partial charge on any atom is -0.270 e. The first-order valence-electron chi connectivity index (χ1n) is 8.61. The fourth-order valence-electron chi connectivity index (χ4n) is 2.86. The van der Waals surface area contributed by atoms with Gasteiger partial charge >= 0.3 is 0 Å². The maximum Gasteiger partial charge on any atom is 0.196 e. The van der Waals surface area contributed by atoms with Crippen molar-refractivity contribution in [3.63, 3.8) is 0 Å². The second-order valence-corrected chi connectivity index (χ2v) is 7.61. The lowest BCUT2D eigenvalue weighted by Crippen LogP contribution is -2.02. The van der Waals surface area contributed by atoms with E-state index in [2.05, 4.69) is 15.2 Å². The number of benzene rings is 2. The van der Waals surface area contributed by atoms with Crippen LogP contribution in [-0.4, -0.2) is 19.7 Å². The molecular formula is C21H16ClFN4S. The predicted octanol–water partition coefficient (Wildman–Crippen LogP) is 5.72. The zero-order chi connectivity index (χ0) is 19.5. The molecule has 0 saturated heterocycles. The van der Waals surface area contributed by atoms with Crippen LogP contribution in [0.15, 0.2) is 72.1 Å². The van der Waals surface area contributed by atoms with Crippen molar-refractivity contribution in [3.8, 4) is 17.1 Å². The minimum absolute atomic E-state index is 0.249. The average molecular weight is 411 g/mol. The molecule has 0 unspecified atom stereocenters. The van der Waals surface area contributed by atoms with Gasteiger partial charge in [-0.2, -0.15) is 0 Å². The summed E-state index contributed by atoms with van der Waals surface area (Å²) >= 11 is 7.75. The standard InChI is InChI=1S/C21H16ClFN4S/c1-14-7-8-17(22)11-19(14)27-20(16-5-3-9-24-12-16)25-26-21(27)28-13-15-4-2-6-18(23)10-15/h2-12H,13H2,1H3. The molecule has 140 valence electrons. The summed E-state index contributed by atoms with van der Waals surface area (Å²) in [4.78, 5) is 4.19. The second kappa shape index (κ2) is 8.12. The van der Waals surface area contributed by atoms with Gasteiger partial charge in [0.15, 0.2) is 11.0 Å². The van der Waals surface area contributed by atoms with Gasteiger partial charge in [-0.25, -0.2) is 4.39 Å². The number of hydrogen-bond acceptors (Lipinski definition) is 4. The van der Waals surface area contributed by atoms with Gasteiger partial charge in [-0.3, -0.25) is 9.55 Å². The van der Waals surface area contributed by atoms with Crippen molar-refractivity contribution in [2.24, 2.45) is 0 Å². The smallest absolute Gasteiger partial charge is 0.196 e. The Labute approximate surface area is 171 Å². The molecule has 0 aliphatic heterocycles. The molecule has 0 atom stereocenters. The molecule has 0 aliphatic carbocycles. The Hall–Kier alpha value is -2.70. The molecule has 0 saturated carbocycles. The number of halogens is 2. The number of pyridine rings is 1. The molecule has 0 N–H and O–H groups in total. The monoisotopic (exact) mass is 410 g/mol. The average Bonchev–Trinajstić information content (AvgIpc) is 3.13. The third kappa shape index (κ3) is 3.93. The summed E-state index contributed by atoms with van der Waals surface area (Å²) in [6, 6.07) is 16.1. The van der Waals surface area contributed by atoms with Crippen molar-refractivity contribution < 1.29 is 4.39 Å². The number of aryl methyl sites for hydroxylation is 1. The second-order valence-electron chi connectivity index (χ2n) is 6.23. The summed E-state index contributed by atoms with van der Waals surface area (Å²) < 4.78 is 15.5. The molecular weight excluding hydrogens is 395 g/mol. The fraction of sp³-hybridized carbons (Fsp3) is 0.0952. The van der Waals surface area contributed by atoms with E-state index in [9.17, 15) is 4.39 Å². The number of thioether (sulfide) groups is 1. The predicted molar refractivity (Wildman–Crippen MR) is 110 cm³/mol. The Morgan fingerprint density at radius 2 is 1.96 bits per heavy atom. The SMILES string of the molecule is Cc1ccc(Cl)cc1-n1c(SCc2cccc(F)c2)nnc1-c1cccnc1. The van der Waals surface area contributed by atoms with Crippen molar-refractivity contribution in [2.75, 3.05) is 0 Å². The number of aromatic nitrogens is 4. The van der Waals surface area contributed by atoms with Gasteiger partial charge in [0.25, 0.3) is 0 Å². The molecule has 2 heterocycles. The highest BCUT2D eigenvalue weighted by Gasteiger charge is 2.18. The minimum atomic E-state index is -0.249. The zero-order valence-corrected chi connectivity index (χ0v) is 16.6. The molecule has 0 amide bonds. The summed E-state index contributed by atoms with van der Waals surface area (Å²) in [7, 11) is 0. The summed E-state index contributed by atoms with van der Waals surface area (Å²) in [5.74, 6) is 1.00. The maximum absolute atomic E-state index is 13.5. The first-order valence-corrected chi connectivity index (χ1v) is 9.98. The molecule has 2 aromatic carbocycles. The van der Waals surface area contributed by atoms with Crippen LogP contribution in [0.25, 0.3) is 17.1 Å². The molecule has 0 radical (unpaired) electrons. The molecule has 4 nitrogen and oxygen atoms in total. The van der Waals surface area contributed by atoms with Crippen LogP contribution in [0.3, 0.4) is 0 Å². The fourth-order valence-corrected chi connectivity index (χ4v) is 3.91. The summed E-state index contributed by atoms with van der Waals surface area (Å²) in [6.45, 7) is 2.01. The highest BCUT2D eigenvalue weighted by atomic mass is 35.5. The van der Waals surface area contributed by atoms with Gasteiger partial charge in [-0.1, -0.05) is 41.6 Å². The van der Waals surface area contributed by atoms with Gasteiger partial charge in [0.05, 0.1) is 5.69 Å². The molecule has 0 spiro atoms. The Morgan fingerprint density at radius 1 is 1.07 bits per heavy atom. The van der Waals surface area contributed by atoms with Crippen LogP contribution in [-0.2, 0) is 5.75 Å². The lowest BCUT2D eigenvalue weighted by Gasteiger charge is -2.13. The Morgan fingerprint density at radius 3 is 2.75 bits per heavy atom. The zero-order valence-electron chi connectivity index (χ0n) is 15.0. The van der Waals surface area contributed by atoms with Gasteiger partial charge in [-0.05, 0) is 54.4 Å². The molecule has 2 aromatic heterocycles. The lowest BCUT2D eigenvalue weighted by atomic mass is 10.2. The van der Waals surface area contributed by atoms with E-state index < -0.39 is 0 Å². The first-order chi connectivity index (χ1) is 13.6. The van der Waals surface area contributed by atoms with Gasteiger partial charge in [0.2, 0.25) is 0 Å². The largest absolute Gasteiger partial charge is 0.270 e. The normalized spacial score (nSPS) is 11.0. The highest BCUT2D eigenvalue weighted by Crippen LogP contribution is 2.32. The Balaban J connectivity index is 1.78. The molecule has 0 fully saturated rings. The van der Waals surface area contributed by atoms with Crippen molar-refractivity contribution in [1.82, 2.24) is 19.7 Å². The number of rotatable bonds is 5. The molecule has 0 aliphatic rings. The van der Waals surface area contributed by atoms with E-state index in [1.54, 1.807) is 18.5 Å². The number of nitrogens with zero attached hydrogens (tertiary/aromatic N) is 4. The topological polar surface area (TPSA) is 43.6 Å². The van der Waals surface area contributed by atoms with Gasteiger partial charge in [-0.15, -0.1) is 10.2 Å². The quantitative estimate of drug-likeness (QED) is 0.394. The van der Waals surface area contributed by atoms with Crippen LogP contribution >= 0.6 is 23.4 Å². The van der Waals surface area contributed by atoms with Crippen LogP contribution in [0.4, 0.5) is 4.39 Å². The van der Waals surface area contributed by atoms with Crippen LogP contribution < -0.4 is 0 Å². The Kier molecular flexibility index (Phi) is 5.41. The number of hydrogen-bond donors (Lipinski definition) is 0. The lowest BCUT2D eigenvalue weighted by molar-refractivity contribution is 0.626. The molecule has 0 bridgehead atoms. The third-order valence-electron chi connectivity index (χ3n) is 4.22.